The van der Waals surface area contributed by atoms with Crippen LogP contribution in [0.2, 0.25) is 0 Å². The lowest BCUT2D eigenvalue weighted by Gasteiger charge is -2.13. The smallest absolute Gasteiger partial charge is 0.326 e. The standard InChI is InChI=1S/C11H13NO3/c1-2-3-10(11(14)15)12-8-4-6-9(13)7-5-8/h2,4-7,10,12-13H,1,3H2,(H,14,15). The zero-order valence-corrected chi connectivity index (χ0v) is 8.18. The molecular weight excluding hydrogens is 194 g/mol. The number of phenolic OH excluding ortho intramolecular Hbond substituents is 1. The molecule has 0 heterocycles. The van der Waals surface area contributed by atoms with Crippen LogP contribution in [0.3, 0.4) is 0 Å². The summed E-state index contributed by atoms with van der Waals surface area (Å²) in [6.07, 6.45) is 1.89. The third kappa shape index (κ3) is 3.34. The highest BCUT2D eigenvalue weighted by molar-refractivity contribution is 5.77. The van der Waals surface area contributed by atoms with Crippen LogP contribution in [-0.2, 0) is 4.79 Å². The van der Waals surface area contributed by atoms with E-state index in [-0.39, 0.29) is 5.75 Å². The van der Waals surface area contributed by atoms with Crippen molar-refractivity contribution in [2.75, 3.05) is 5.32 Å². The normalized spacial score (nSPS) is 11.7. The highest BCUT2D eigenvalue weighted by Gasteiger charge is 2.14. The zero-order valence-electron chi connectivity index (χ0n) is 8.18. The lowest BCUT2D eigenvalue weighted by atomic mass is 10.2. The number of hydrogen-bond acceptors (Lipinski definition) is 3. The van der Waals surface area contributed by atoms with Gasteiger partial charge in [0.1, 0.15) is 11.8 Å². The number of nitrogens with one attached hydrogen (secondary N) is 1. The number of carbonyl (C=O) groups is 1. The Kier molecular flexibility index (Phi) is 3.74. The second-order valence-electron chi connectivity index (χ2n) is 3.11. The number of carboxylic acid groups (broad SMARTS) is 1. The highest BCUT2D eigenvalue weighted by Crippen LogP contribution is 2.15. The van der Waals surface area contributed by atoms with Crippen LogP contribution in [0.25, 0.3) is 0 Å². The topological polar surface area (TPSA) is 69.6 Å². The van der Waals surface area contributed by atoms with Crippen molar-refractivity contribution in [1.82, 2.24) is 0 Å². The molecule has 0 spiro atoms. The van der Waals surface area contributed by atoms with Crippen LogP contribution < -0.4 is 5.32 Å². The molecule has 0 radical (unpaired) electrons. The number of carboxylic acids is 1. The fourth-order valence-corrected chi connectivity index (χ4v) is 1.15. The average Bonchev–Trinajstić information content (AvgIpc) is 2.20. The molecule has 1 atom stereocenters. The Morgan fingerprint density at radius 3 is 2.53 bits per heavy atom. The first kappa shape index (κ1) is 11.1. The summed E-state index contributed by atoms with van der Waals surface area (Å²) in [6, 6.07) is 5.54. The van der Waals surface area contributed by atoms with Crippen molar-refractivity contribution in [2.45, 2.75) is 12.5 Å². The molecule has 0 bridgehead atoms. The van der Waals surface area contributed by atoms with E-state index in [0.717, 1.165) is 0 Å². The number of phenols is 1. The number of aromatic hydroxyl groups is 1. The van der Waals surface area contributed by atoms with Gasteiger partial charge in [-0.1, -0.05) is 6.08 Å². The van der Waals surface area contributed by atoms with E-state index in [2.05, 4.69) is 11.9 Å². The molecule has 0 aromatic heterocycles. The van der Waals surface area contributed by atoms with E-state index in [9.17, 15) is 4.79 Å². The van der Waals surface area contributed by atoms with Gasteiger partial charge in [0.2, 0.25) is 0 Å². The zero-order chi connectivity index (χ0) is 11.3. The van der Waals surface area contributed by atoms with Gasteiger partial charge in [0, 0.05) is 5.69 Å². The molecule has 0 aliphatic heterocycles. The van der Waals surface area contributed by atoms with Crippen LogP contribution in [0.1, 0.15) is 6.42 Å². The fourth-order valence-electron chi connectivity index (χ4n) is 1.15. The summed E-state index contributed by atoms with van der Waals surface area (Å²) in [5, 5.41) is 20.7. The first-order chi connectivity index (χ1) is 7.13. The third-order valence-corrected chi connectivity index (χ3v) is 1.91. The first-order valence-corrected chi connectivity index (χ1v) is 4.52. The summed E-state index contributed by atoms with van der Waals surface area (Å²) in [7, 11) is 0. The minimum atomic E-state index is -0.928. The largest absolute Gasteiger partial charge is 0.508 e. The maximum atomic E-state index is 10.8. The number of aliphatic carboxylic acids is 1. The van der Waals surface area contributed by atoms with E-state index in [1.54, 1.807) is 18.2 Å². The number of hydrogen-bond donors (Lipinski definition) is 3. The SMILES string of the molecule is C=CCC(Nc1ccc(O)cc1)C(=O)O. The molecule has 15 heavy (non-hydrogen) atoms. The van der Waals surface area contributed by atoms with Gasteiger partial charge in [-0.15, -0.1) is 6.58 Å². The Bertz CT molecular complexity index is 345. The Balaban J connectivity index is 2.69. The van der Waals surface area contributed by atoms with Crippen LogP contribution in [0, 0.1) is 0 Å². The van der Waals surface area contributed by atoms with Gasteiger partial charge in [-0.3, -0.25) is 0 Å². The van der Waals surface area contributed by atoms with Crippen LogP contribution in [0.5, 0.6) is 5.75 Å². The molecule has 80 valence electrons. The van der Waals surface area contributed by atoms with E-state index in [4.69, 9.17) is 10.2 Å². The molecular formula is C11H13NO3. The van der Waals surface area contributed by atoms with E-state index in [1.165, 1.54) is 12.1 Å². The van der Waals surface area contributed by atoms with Crippen LogP contribution in [0.15, 0.2) is 36.9 Å². The summed E-state index contributed by atoms with van der Waals surface area (Å²) >= 11 is 0. The van der Waals surface area contributed by atoms with E-state index in [0.29, 0.717) is 12.1 Å². The van der Waals surface area contributed by atoms with Crippen molar-refractivity contribution in [1.29, 1.82) is 0 Å². The molecule has 1 rings (SSSR count). The van der Waals surface area contributed by atoms with Gasteiger partial charge >= 0.3 is 5.97 Å². The summed E-state index contributed by atoms with van der Waals surface area (Å²) in [4.78, 5) is 10.8. The Morgan fingerprint density at radius 2 is 2.07 bits per heavy atom. The summed E-state index contributed by atoms with van der Waals surface area (Å²) in [6.45, 7) is 3.50. The predicted molar refractivity (Wildman–Crippen MR) is 58.0 cm³/mol. The Hall–Kier alpha value is -1.97. The van der Waals surface area contributed by atoms with Gasteiger partial charge in [-0.05, 0) is 30.7 Å². The average molecular weight is 207 g/mol. The van der Waals surface area contributed by atoms with Crippen molar-refractivity contribution in [3.8, 4) is 5.75 Å². The third-order valence-electron chi connectivity index (χ3n) is 1.91. The van der Waals surface area contributed by atoms with Gasteiger partial charge in [0.15, 0.2) is 0 Å². The lowest BCUT2D eigenvalue weighted by molar-refractivity contribution is -0.137. The maximum absolute atomic E-state index is 10.8. The van der Waals surface area contributed by atoms with Crippen LogP contribution in [-0.4, -0.2) is 22.2 Å². The summed E-state index contributed by atoms with van der Waals surface area (Å²) < 4.78 is 0. The Labute approximate surface area is 87.9 Å². The quantitative estimate of drug-likeness (QED) is 0.509. The van der Waals surface area contributed by atoms with E-state index in [1.807, 2.05) is 0 Å². The molecule has 3 N–H and O–H groups in total. The molecule has 0 saturated carbocycles. The first-order valence-electron chi connectivity index (χ1n) is 4.52. The van der Waals surface area contributed by atoms with Crippen molar-refractivity contribution < 1.29 is 15.0 Å². The predicted octanol–water partition coefficient (Wildman–Crippen LogP) is 1.83. The van der Waals surface area contributed by atoms with Crippen LogP contribution in [0.4, 0.5) is 5.69 Å². The molecule has 0 saturated heterocycles. The van der Waals surface area contributed by atoms with E-state index >= 15 is 0 Å². The van der Waals surface area contributed by atoms with Gasteiger partial charge in [0.05, 0.1) is 0 Å². The molecule has 0 amide bonds. The second kappa shape index (κ2) is 5.05. The summed E-state index contributed by atoms with van der Waals surface area (Å²) in [5.74, 6) is -0.779. The van der Waals surface area contributed by atoms with Crippen molar-refractivity contribution >= 4 is 11.7 Å². The Morgan fingerprint density at radius 1 is 1.47 bits per heavy atom. The minimum absolute atomic E-state index is 0.149. The van der Waals surface area contributed by atoms with Crippen molar-refractivity contribution in [2.24, 2.45) is 0 Å². The minimum Gasteiger partial charge on any atom is -0.508 e. The molecule has 4 nitrogen and oxygen atoms in total. The van der Waals surface area contributed by atoms with Gasteiger partial charge < -0.3 is 15.5 Å². The van der Waals surface area contributed by atoms with Crippen molar-refractivity contribution in [3.05, 3.63) is 36.9 Å². The van der Waals surface area contributed by atoms with Crippen molar-refractivity contribution in [3.63, 3.8) is 0 Å². The lowest BCUT2D eigenvalue weighted by Crippen LogP contribution is -2.28. The molecule has 1 unspecified atom stereocenters. The maximum Gasteiger partial charge on any atom is 0.326 e. The monoisotopic (exact) mass is 207 g/mol. The molecule has 0 fully saturated rings. The van der Waals surface area contributed by atoms with Crippen LogP contribution >= 0.6 is 0 Å². The van der Waals surface area contributed by atoms with Gasteiger partial charge in [-0.25, -0.2) is 4.79 Å². The highest BCUT2D eigenvalue weighted by atomic mass is 16.4. The van der Waals surface area contributed by atoms with E-state index < -0.39 is 12.0 Å². The summed E-state index contributed by atoms with van der Waals surface area (Å²) in [5.41, 5.74) is 0.655. The number of benzene rings is 1. The molecule has 4 heteroatoms. The van der Waals surface area contributed by atoms with Gasteiger partial charge in [-0.2, -0.15) is 0 Å². The fraction of sp³-hybridized carbons (Fsp3) is 0.182. The van der Waals surface area contributed by atoms with Gasteiger partial charge in [0.25, 0.3) is 0 Å². The molecule has 1 aromatic rings. The molecule has 0 aliphatic rings. The molecule has 1 aromatic carbocycles. The molecule has 0 aliphatic carbocycles. The second-order valence-corrected chi connectivity index (χ2v) is 3.11. The number of rotatable bonds is 5. The number of anilines is 1.